The molecule has 2 amide bonds. The van der Waals surface area contributed by atoms with Crippen molar-refractivity contribution in [3.8, 4) is 0 Å². The van der Waals surface area contributed by atoms with Gasteiger partial charge in [0, 0.05) is 82.1 Å². The smallest absolute Gasteiger partial charge is 0.340 e. The van der Waals surface area contributed by atoms with Crippen molar-refractivity contribution in [2.24, 2.45) is 40.4 Å². The normalized spacial score (nSPS) is 46.4. The van der Waals surface area contributed by atoms with Crippen LogP contribution in [0.15, 0.2) is 24.3 Å². The van der Waals surface area contributed by atoms with Crippen molar-refractivity contribution in [1.82, 2.24) is 4.90 Å². The van der Waals surface area contributed by atoms with Crippen LogP contribution in [0.1, 0.15) is 63.2 Å². The number of esters is 2. The summed E-state index contributed by atoms with van der Waals surface area (Å²) < 4.78 is 31.1. The van der Waals surface area contributed by atoms with Gasteiger partial charge in [-0.3, -0.25) is 19.3 Å². The zero-order chi connectivity index (χ0) is 36.4. The summed E-state index contributed by atoms with van der Waals surface area (Å²) in [4.78, 5) is 55.6. The molecule has 1 aromatic carbocycles. The summed E-state index contributed by atoms with van der Waals surface area (Å²) >= 11 is 0. The number of anilines is 1. The first-order chi connectivity index (χ1) is 24.3. The van der Waals surface area contributed by atoms with Crippen LogP contribution in [0.4, 0.5) is 5.69 Å². The zero-order valence-electron chi connectivity index (χ0n) is 30.2. The second-order valence-electron chi connectivity index (χ2n) is 16.3. The highest BCUT2D eigenvalue weighted by Crippen LogP contribution is 2.80. The van der Waals surface area contributed by atoms with Crippen molar-refractivity contribution in [2.75, 3.05) is 45.9 Å². The SMILES string of the molecule is CCN1C[C@]2(COC(=O)c3ccccc3N3C(=O)C[C@H](C)C3=O)CC[C@H](OC)[C@@]34C2[C@H](OC)[C@](O)([C@H]13)[C@@]1(O)C[C@H](OC(C)=O)[C@H]2C[C@H]4C1[C@H]2OC. The number of piperidine rings is 1. The van der Waals surface area contributed by atoms with Crippen molar-refractivity contribution in [1.29, 1.82) is 0 Å². The maximum atomic E-state index is 14.1. The molecule has 278 valence electrons. The molecule has 2 heterocycles. The van der Waals surface area contributed by atoms with Crippen molar-refractivity contribution in [3.63, 3.8) is 0 Å². The van der Waals surface area contributed by atoms with Crippen LogP contribution >= 0.6 is 0 Å². The van der Waals surface area contributed by atoms with Crippen LogP contribution in [0.2, 0.25) is 0 Å². The van der Waals surface area contributed by atoms with Crippen LogP contribution in [-0.2, 0) is 38.1 Å². The highest BCUT2D eigenvalue weighted by Gasteiger charge is 2.91. The Kier molecular flexibility index (Phi) is 8.11. The molecular formula is C38H50N2O11. The van der Waals surface area contributed by atoms with Crippen LogP contribution in [0.25, 0.3) is 0 Å². The minimum atomic E-state index is -1.82. The number of amides is 2. The molecule has 13 heteroatoms. The van der Waals surface area contributed by atoms with Crippen LogP contribution in [0, 0.1) is 40.4 Å². The monoisotopic (exact) mass is 710 g/mol. The standard InChI is InChI=1S/C38H50N2O11/c1-7-39-17-35(18-50-33(44)21-10-8-9-11-24(21)40-27(42)14-19(2)32(40)43)13-12-26(47-4)37-23-15-22-25(51-20(3)41)16-36(45,28(23)29(22)48-5)38(46,34(37)39)31(49-6)30(35)37/h8-11,19,22-23,25-26,28-31,34,45-46H,7,12-18H2,1-6H3/t19-,22+,23-,25-,26-,28?,29-,30?,31-,34+,35-,36+,37-,38-/m0/s1. The van der Waals surface area contributed by atoms with E-state index in [-0.39, 0.29) is 66.4 Å². The van der Waals surface area contributed by atoms with Gasteiger partial charge >= 0.3 is 11.9 Å². The number of fused-ring (bicyclic) bond motifs is 2. The summed E-state index contributed by atoms with van der Waals surface area (Å²) in [5, 5.41) is 26.7. The van der Waals surface area contributed by atoms with Crippen LogP contribution < -0.4 is 4.90 Å². The quantitative estimate of drug-likeness (QED) is 0.284. The Bertz CT molecular complexity index is 1650. The Balaban J connectivity index is 1.23. The molecule has 1 aromatic rings. The number of methoxy groups -OCH3 is 3. The third-order valence-electron chi connectivity index (χ3n) is 14.5. The highest BCUT2D eigenvalue weighted by molar-refractivity contribution is 6.22. The minimum Gasteiger partial charge on any atom is -0.462 e. The lowest BCUT2D eigenvalue weighted by Crippen LogP contribution is -2.82. The van der Waals surface area contributed by atoms with E-state index in [4.69, 9.17) is 23.7 Å². The number of imide groups is 1. The average Bonchev–Trinajstić information content (AvgIpc) is 3.64. The summed E-state index contributed by atoms with van der Waals surface area (Å²) in [6.07, 6.45) is -0.365. The van der Waals surface area contributed by atoms with E-state index in [1.54, 1.807) is 52.5 Å². The summed E-state index contributed by atoms with van der Waals surface area (Å²) in [6, 6.07) is 5.96. The number of hydrogen-bond acceptors (Lipinski definition) is 12. The van der Waals surface area contributed by atoms with E-state index in [0.29, 0.717) is 32.4 Å². The second-order valence-corrected chi connectivity index (χ2v) is 16.3. The number of likely N-dealkylation sites (tertiary alicyclic amines) is 1. The number of ether oxygens (including phenoxy) is 5. The number of nitrogens with zero attached hydrogens (tertiary/aromatic N) is 2. The molecule has 0 aromatic heterocycles. The number of para-hydroxylation sites is 1. The molecule has 5 aliphatic carbocycles. The van der Waals surface area contributed by atoms with Gasteiger partial charge in [-0.2, -0.15) is 0 Å². The second kappa shape index (κ2) is 11.8. The largest absolute Gasteiger partial charge is 0.462 e. The van der Waals surface area contributed by atoms with Crippen molar-refractivity contribution < 1.29 is 53.1 Å². The molecule has 13 nitrogen and oxygen atoms in total. The number of benzene rings is 1. The lowest BCUT2D eigenvalue weighted by atomic mass is 9.42. The molecule has 7 bridgehead atoms. The number of aliphatic hydroxyl groups is 2. The predicted octanol–water partition coefficient (Wildman–Crippen LogP) is 1.95. The van der Waals surface area contributed by atoms with Gasteiger partial charge in [-0.25, -0.2) is 9.69 Å². The van der Waals surface area contributed by atoms with Gasteiger partial charge in [0.1, 0.15) is 17.3 Å². The van der Waals surface area contributed by atoms with Gasteiger partial charge in [0.15, 0.2) is 0 Å². The number of carbonyl (C=O) groups excluding carboxylic acids is 4. The average molecular weight is 711 g/mol. The van der Waals surface area contributed by atoms with E-state index in [1.807, 2.05) is 6.92 Å². The summed E-state index contributed by atoms with van der Waals surface area (Å²) in [6.45, 7) is 6.10. The minimum absolute atomic E-state index is 0.0104. The molecule has 7 aliphatic rings. The molecule has 2 saturated heterocycles. The first-order valence-electron chi connectivity index (χ1n) is 18.4. The Labute approximate surface area is 297 Å². The lowest BCUT2D eigenvalue weighted by molar-refractivity contribution is -0.319. The Hall–Kier alpha value is -2.94. The van der Waals surface area contributed by atoms with Gasteiger partial charge in [-0.05, 0) is 43.9 Å². The van der Waals surface area contributed by atoms with Gasteiger partial charge in [0.25, 0.3) is 0 Å². The van der Waals surface area contributed by atoms with Gasteiger partial charge in [-0.15, -0.1) is 0 Å². The zero-order valence-corrected chi connectivity index (χ0v) is 30.2. The number of likely N-dealkylation sites (N-methyl/N-ethyl adjacent to an activating group) is 1. The van der Waals surface area contributed by atoms with Gasteiger partial charge in [0.2, 0.25) is 11.8 Å². The Morgan fingerprint density at radius 1 is 1.06 bits per heavy atom. The summed E-state index contributed by atoms with van der Waals surface area (Å²) in [5.41, 5.74) is -4.67. The van der Waals surface area contributed by atoms with Crippen molar-refractivity contribution in [3.05, 3.63) is 29.8 Å². The number of rotatable bonds is 9. The molecule has 2 N–H and O–H groups in total. The molecule has 2 unspecified atom stereocenters. The Morgan fingerprint density at radius 2 is 1.80 bits per heavy atom. The topological polar surface area (TPSA) is 161 Å². The molecule has 1 spiro atoms. The van der Waals surface area contributed by atoms with E-state index >= 15 is 0 Å². The molecule has 2 aliphatic heterocycles. The first kappa shape index (κ1) is 35.1. The predicted molar refractivity (Wildman–Crippen MR) is 179 cm³/mol. The van der Waals surface area contributed by atoms with Gasteiger partial charge in [0.05, 0.1) is 42.2 Å². The first-order valence-corrected chi connectivity index (χ1v) is 18.4. The van der Waals surface area contributed by atoms with E-state index in [9.17, 15) is 29.4 Å². The van der Waals surface area contributed by atoms with Crippen molar-refractivity contribution in [2.45, 2.75) is 94.5 Å². The van der Waals surface area contributed by atoms with Gasteiger partial charge in [-0.1, -0.05) is 26.0 Å². The number of carbonyl (C=O) groups is 4. The Morgan fingerprint density at radius 3 is 2.43 bits per heavy atom. The van der Waals surface area contributed by atoms with Crippen molar-refractivity contribution >= 4 is 29.4 Å². The lowest BCUT2D eigenvalue weighted by Gasteiger charge is -2.70. The molecule has 51 heavy (non-hydrogen) atoms. The van der Waals surface area contributed by atoms with E-state index in [2.05, 4.69) is 4.90 Å². The van der Waals surface area contributed by atoms with E-state index < -0.39 is 70.2 Å². The fraction of sp³-hybridized carbons (Fsp3) is 0.737. The van der Waals surface area contributed by atoms with E-state index in [0.717, 1.165) is 4.90 Å². The summed E-state index contributed by atoms with van der Waals surface area (Å²) in [7, 11) is 4.88. The van der Waals surface area contributed by atoms with Gasteiger partial charge < -0.3 is 33.9 Å². The maximum absolute atomic E-state index is 14.1. The van der Waals surface area contributed by atoms with Crippen LogP contribution in [0.3, 0.4) is 0 Å². The molecule has 8 rings (SSSR count). The fourth-order valence-corrected chi connectivity index (χ4v) is 13.2. The third-order valence-corrected chi connectivity index (χ3v) is 14.5. The maximum Gasteiger partial charge on any atom is 0.340 e. The van der Waals surface area contributed by atoms with E-state index in [1.165, 1.54) is 6.92 Å². The fourth-order valence-electron chi connectivity index (χ4n) is 13.2. The van der Waals surface area contributed by atoms with Crippen LogP contribution in [-0.4, -0.2) is 122 Å². The summed E-state index contributed by atoms with van der Waals surface area (Å²) in [5.74, 6) is -3.55. The number of hydrogen-bond donors (Lipinski definition) is 2. The van der Waals surface area contributed by atoms with Crippen LogP contribution in [0.5, 0.6) is 0 Å². The molecule has 7 fully saturated rings. The highest BCUT2D eigenvalue weighted by atomic mass is 16.6. The molecule has 5 saturated carbocycles. The molecular weight excluding hydrogens is 660 g/mol. The molecule has 14 atom stereocenters. The molecule has 0 radical (unpaired) electrons. The third kappa shape index (κ3) is 4.19.